The fourth-order valence-corrected chi connectivity index (χ4v) is 3.56. The Balaban J connectivity index is 1.52. The number of halogens is 1. The average molecular weight is 473 g/mol. The summed E-state index contributed by atoms with van der Waals surface area (Å²) in [6, 6.07) is 9.02. The summed E-state index contributed by atoms with van der Waals surface area (Å²) in [7, 11) is 0. The third-order valence-electron chi connectivity index (χ3n) is 5.06. The number of rotatable bonds is 6. The van der Waals surface area contributed by atoms with E-state index in [0.29, 0.717) is 18.5 Å². The Hall–Kier alpha value is -3.76. The van der Waals surface area contributed by atoms with E-state index in [9.17, 15) is 24.5 Å². The number of nitrogens with zero attached hydrogens (tertiary/aromatic N) is 1. The maximum absolute atomic E-state index is 12.5. The van der Waals surface area contributed by atoms with Gasteiger partial charge in [-0.2, -0.15) is 0 Å². The number of hydrogen-bond acceptors (Lipinski definition) is 8. The van der Waals surface area contributed by atoms with E-state index in [1.807, 2.05) is 0 Å². The van der Waals surface area contributed by atoms with Gasteiger partial charge in [0.1, 0.15) is 16.9 Å². The normalized spacial score (nSPS) is 15.4. The maximum atomic E-state index is 12.5. The van der Waals surface area contributed by atoms with Gasteiger partial charge in [0.05, 0.1) is 21.6 Å². The molecule has 1 saturated heterocycles. The smallest absolute Gasteiger partial charge is 0.349 e. The number of carbonyl (C=O) groups excluding carboxylic acids is 2. The van der Waals surface area contributed by atoms with E-state index >= 15 is 0 Å². The molecule has 0 spiro atoms. The van der Waals surface area contributed by atoms with Crippen molar-refractivity contribution in [3.63, 3.8) is 0 Å². The van der Waals surface area contributed by atoms with Crippen LogP contribution in [-0.4, -0.2) is 36.1 Å². The van der Waals surface area contributed by atoms with Crippen LogP contribution in [0.3, 0.4) is 0 Å². The highest BCUT2D eigenvalue weighted by Crippen LogP contribution is 2.25. The molecule has 1 aliphatic heterocycles. The number of nitro groups is 1. The first-order chi connectivity index (χ1) is 15.8. The van der Waals surface area contributed by atoms with Crippen LogP contribution < -0.4 is 15.7 Å². The molecule has 1 aliphatic rings. The third-order valence-corrected chi connectivity index (χ3v) is 5.39. The molecule has 2 aromatic carbocycles. The van der Waals surface area contributed by atoms with Gasteiger partial charge >= 0.3 is 11.6 Å². The molecule has 170 valence electrons. The minimum absolute atomic E-state index is 0.0171. The predicted molar refractivity (Wildman–Crippen MR) is 117 cm³/mol. The van der Waals surface area contributed by atoms with Gasteiger partial charge in [0.25, 0.3) is 11.6 Å². The van der Waals surface area contributed by atoms with Crippen LogP contribution in [0.2, 0.25) is 5.02 Å². The lowest BCUT2D eigenvalue weighted by Gasteiger charge is -2.10. The summed E-state index contributed by atoms with van der Waals surface area (Å²) < 4.78 is 15.9. The van der Waals surface area contributed by atoms with Crippen molar-refractivity contribution in [2.75, 3.05) is 13.2 Å². The van der Waals surface area contributed by atoms with Gasteiger partial charge in [-0.25, -0.2) is 9.59 Å². The van der Waals surface area contributed by atoms with Crippen LogP contribution in [0.25, 0.3) is 11.0 Å². The summed E-state index contributed by atoms with van der Waals surface area (Å²) >= 11 is 5.96. The highest BCUT2D eigenvalue weighted by Gasteiger charge is 2.20. The topological polar surface area (TPSA) is 138 Å². The Labute approximate surface area is 191 Å². The predicted octanol–water partition coefficient (Wildman–Crippen LogP) is 3.48. The lowest BCUT2D eigenvalue weighted by Crippen LogP contribution is -2.34. The van der Waals surface area contributed by atoms with Crippen molar-refractivity contribution in [1.29, 1.82) is 0 Å². The van der Waals surface area contributed by atoms with Gasteiger partial charge in [-0.3, -0.25) is 14.9 Å². The highest BCUT2D eigenvalue weighted by molar-refractivity contribution is 6.33. The molecule has 1 fully saturated rings. The van der Waals surface area contributed by atoms with Crippen LogP contribution in [-0.2, 0) is 4.74 Å². The average Bonchev–Trinajstić information content (AvgIpc) is 3.30. The fourth-order valence-electron chi connectivity index (χ4n) is 3.37. The molecule has 2 heterocycles. The number of nitrogens with one attached hydrogen (secondary N) is 1. The third kappa shape index (κ3) is 5.02. The maximum Gasteiger partial charge on any atom is 0.349 e. The number of amides is 1. The zero-order valence-electron chi connectivity index (χ0n) is 17.0. The molecule has 0 radical (unpaired) electrons. The van der Waals surface area contributed by atoms with Crippen molar-refractivity contribution in [3.05, 3.63) is 79.1 Å². The second kappa shape index (κ2) is 9.39. The van der Waals surface area contributed by atoms with Gasteiger partial charge in [0, 0.05) is 36.7 Å². The molecule has 1 unspecified atom stereocenters. The van der Waals surface area contributed by atoms with Crippen LogP contribution in [0.5, 0.6) is 5.75 Å². The molecule has 0 bridgehead atoms. The summed E-state index contributed by atoms with van der Waals surface area (Å²) in [5.74, 6) is -1.47. The van der Waals surface area contributed by atoms with Crippen LogP contribution in [0.15, 0.2) is 51.7 Å². The number of benzene rings is 2. The molecule has 33 heavy (non-hydrogen) atoms. The quantitative estimate of drug-likeness (QED) is 0.189. The second-order valence-electron chi connectivity index (χ2n) is 7.30. The largest absolute Gasteiger partial charge is 0.423 e. The summed E-state index contributed by atoms with van der Waals surface area (Å²) in [4.78, 5) is 47.4. The monoisotopic (exact) mass is 472 g/mol. The number of esters is 1. The van der Waals surface area contributed by atoms with E-state index in [2.05, 4.69) is 5.32 Å². The Kier molecular flexibility index (Phi) is 6.38. The first-order valence-corrected chi connectivity index (χ1v) is 10.3. The molecule has 4 rings (SSSR count). The second-order valence-corrected chi connectivity index (χ2v) is 7.71. The number of non-ortho nitro benzene ring substituents is 1. The van der Waals surface area contributed by atoms with Gasteiger partial charge in [-0.05, 0) is 37.1 Å². The molecule has 0 aliphatic carbocycles. The van der Waals surface area contributed by atoms with Gasteiger partial charge in [-0.1, -0.05) is 11.6 Å². The molecule has 1 N–H and O–H groups in total. The molecular weight excluding hydrogens is 456 g/mol. The van der Waals surface area contributed by atoms with E-state index in [-0.39, 0.29) is 39.3 Å². The first kappa shape index (κ1) is 22.4. The van der Waals surface area contributed by atoms with Crippen LogP contribution in [0, 0.1) is 10.1 Å². The lowest BCUT2D eigenvalue weighted by molar-refractivity contribution is -0.384. The number of nitro benzene ring substituents is 1. The van der Waals surface area contributed by atoms with Crippen molar-refractivity contribution >= 4 is 40.1 Å². The molecule has 1 amide bonds. The summed E-state index contributed by atoms with van der Waals surface area (Å²) in [6.45, 7) is 0.949. The van der Waals surface area contributed by atoms with E-state index in [0.717, 1.165) is 25.0 Å². The van der Waals surface area contributed by atoms with Gasteiger partial charge in [0.15, 0.2) is 0 Å². The van der Waals surface area contributed by atoms with Crippen molar-refractivity contribution in [2.24, 2.45) is 0 Å². The summed E-state index contributed by atoms with van der Waals surface area (Å²) in [5.41, 5.74) is -1.43. The molecule has 1 atom stereocenters. The number of ether oxygens (including phenoxy) is 2. The Morgan fingerprint density at radius 1 is 1.18 bits per heavy atom. The van der Waals surface area contributed by atoms with Crippen molar-refractivity contribution in [2.45, 2.75) is 18.9 Å². The Bertz CT molecular complexity index is 1310. The Morgan fingerprint density at radius 3 is 2.73 bits per heavy atom. The highest BCUT2D eigenvalue weighted by atomic mass is 35.5. The standard InChI is InChI=1S/C22H17ClN2O8/c23-18-6-4-13(25(29)30)9-16(18)21(27)32-14-5-3-12-8-17(22(28)33-19(12)10-14)20(26)24-11-15-2-1-7-31-15/h3-6,8-10,15H,1-2,7,11H2,(H,24,26). The fraction of sp³-hybridized carbons (Fsp3) is 0.227. The lowest BCUT2D eigenvalue weighted by atomic mass is 10.1. The van der Waals surface area contributed by atoms with E-state index in [1.165, 1.54) is 30.3 Å². The number of hydrogen-bond donors (Lipinski definition) is 1. The number of fused-ring (bicyclic) bond motifs is 1. The van der Waals surface area contributed by atoms with Crippen LogP contribution >= 0.6 is 11.6 Å². The van der Waals surface area contributed by atoms with Crippen LogP contribution in [0.1, 0.15) is 33.6 Å². The molecular formula is C22H17ClN2O8. The Morgan fingerprint density at radius 2 is 2.00 bits per heavy atom. The van der Waals surface area contributed by atoms with Gasteiger partial charge in [0.2, 0.25) is 0 Å². The summed E-state index contributed by atoms with van der Waals surface area (Å²) in [5, 5.41) is 14.0. The number of carbonyl (C=O) groups is 2. The molecule has 3 aromatic rings. The van der Waals surface area contributed by atoms with E-state index in [1.54, 1.807) is 0 Å². The zero-order chi connectivity index (χ0) is 23.5. The van der Waals surface area contributed by atoms with Crippen molar-refractivity contribution in [1.82, 2.24) is 5.32 Å². The van der Waals surface area contributed by atoms with E-state index in [4.69, 9.17) is 25.5 Å². The van der Waals surface area contributed by atoms with Gasteiger partial charge in [-0.15, -0.1) is 0 Å². The van der Waals surface area contributed by atoms with E-state index < -0.39 is 22.4 Å². The molecule has 11 heteroatoms. The van der Waals surface area contributed by atoms with Crippen molar-refractivity contribution < 1.29 is 28.4 Å². The minimum Gasteiger partial charge on any atom is -0.423 e. The minimum atomic E-state index is -0.921. The van der Waals surface area contributed by atoms with Gasteiger partial charge < -0.3 is 19.2 Å². The molecule has 1 aromatic heterocycles. The molecule has 10 nitrogen and oxygen atoms in total. The zero-order valence-corrected chi connectivity index (χ0v) is 17.8. The van der Waals surface area contributed by atoms with Crippen LogP contribution in [0.4, 0.5) is 5.69 Å². The molecule has 0 saturated carbocycles. The summed E-state index contributed by atoms with van der Waals surface area (Å²) in [6.07, 6.45) is 1.70. The van der Waals surface area contributed by atoms with Crippen molar-refractivity contribution in [3.8, 4) is 5.75 Å². The SMILES string of the molecule is O=C(Oc1ccc2cc(C(=O)NCC3CCCO3)c(=O)oc2c1)c1cc([N+](=O)[O-])ccc1Cl. The first-order valence-electron chi connectivity index (χ1n) is 9.95.